The summed E-state index contributed by atoms with van der Waals surface area (Å²) in [6, 6.07) is 0. The average Bonchev–Trinajstić information content (AvgIpc) is 2.41. The van der Waals surface area contributed by atoms with Crippen LogP contribution in [0.15, 0.2) is 0 Å². The van der Waals surface area contributed by atoms with Crippen LogP contribution in [0.2, 0.25) is 0 Å². The molecule has 1 rings (SSSR count). The van der Waals surface area contributed by atoms with E-state index in [-0.39, 0.29) is 11.9 Å². The summed E-state index contributed by atoms with van der Waals surface area (Å²) < 4.78 is 5.08. The highest BCUT2D eigenvalue weighted by atomic mass is 16.5. The van der Waals surface area contributed by atoms with E-state index in [4.69, 9.17) is 4.74 Å². The molecular formula is C14H26O4. The van der Waals surface area contributed by atoms with Crippen molar-refractivity contribution in [1.29, 1.82) is 0 Å². The standard InChI is InChI=1S/C14H26O4/c1-6-18-11(15)13(4)8-7-10(14(13,5)17)9-12(2,3)16/h10,16-17H,6-9H2,1-5H3/t10-,13-,14-/m0/s1. The van der Waals surface area contributed by atoms with Crippen molar-refractivity contribution in [3.63, 3.8) is 0 Å². The summed E-state index contributed by atoms with van der Waals surface area (Å²) in [5.41, 5.74) is -2.85. The topological polar surface area (TPSA) is 66.8 Å². The van der Waals surface area contributed by atoms with E-state index in [9.17, 15) is 15.0 Å². The molecule has 18 heavy (non-hydrogen) atoms. The Bertz CT molecular complexity index is 316. The first-order valence-electron chi connectivity index (χ1n) is 6.66. The maximum absolute atomic E-state index is 12.0. The van der Waals surface area contributed by atoms with Crippen molar-refractivity contribution in [3.05, 3.63) is 0 Å². The Labute approximate surface area is 109 Å². The van der Waals surface area contributed by atoms with Crippen molar-refractivity contribution < 1.29 is 19.7 Å². The van der Waals surface area contributed by atoms with Gasteiger partial charge in [-0.1, -0.05) is 0 Å². The Morgan fingerprint density at radius 3 is 2.44 bits per heavy atom. The summed E-state index contributed by atoms with van der Waals surface area (Å²) in [6.45, 7) is 8.98. The second-order valence-electron chi connectivity index (χ2n) is 6.45. The first-order valence-corrected chi connectivity index (χ1v) is 6.66. The van der Waals surface area contributed by atoms with Crippen molar-refractivity contribution in [3.8, 4) is 0 Å². The number of carbonyl (C=O) groups is 1. The molecule has 0 aromatic carbocycles. The van der Waals surface area contributed by atoms with Gasteiger partial charge in [-0.2, -0.15) is 0 Å². The minimum atomic E-state index is -1.14. The lowest BCUT2D eigenvalue weighted by Crippen LogP contribution is -2.50. The molecule has 1 saturated carbocycles. The number of carbonyl (C=O) groups excluding carboxylic acids is 1. The third kappa shape index (κ3) is 2.69. The number of hydrogen-bond donors (Lipinski definition) is 2. The molecule has 1 aliphatic rings. The fourth-order valence-corrected chi connectivity index (χ4v) is 2.95. The number of hydrogen-bond acceptors (Lipinski definition) is 4. The van der Waals surface area contributed by atoms with Gasteiger partial charge in [-0.25, -0.2) is 0 Å². The highest BCUT2D eigenvalue weighted by Gasteiger charge is 2.59. The van der Waals surface area contributed by atoms with E-state index >= 15 is 0 Å². The molecule has 1 fully saturated rings. The second kappa shape index (κ2) is 4.82. The van der Waals surface area contributed by atoms with Gasteiger partial charge in [-0.05, 0) is 59.8 Å². The van der Waals surface area contributed by atoms with E-state index in [0.717, 1.165) is 6.42 Å². The Kier molecular flexibility index (Phi) is 4.13. The van der Waals surface area contributed by atoms with Crippen molar-refractivity contribution in [1.82, 2.24) is 0 Å². The van der Waals surface area contributed by atoms with Gasteiger partial charge in [-0.3, -0.25) is 4.79 Å². The Hall–Kier alpha value is -0.610. The van der Waals surface area contributed by atoms with Crippen molar-refractivity contribution >= 4 is 5.97 Å². The molecule has 0 heterocycles. The Balaban J connectivity index is 2.91. The molecule has 0 amide bonds. The SMILES string of the molecule is CCOC(=O)[C@]1(C)CC[C@@H](CC(C)(C)O)[C@]1(C)O. The first kappa shape index (κ1) is 15.4. The third-order valence-electron chi connectivity index (χ3n) is 4.38. The highest BCUT2D eigenvalue weighted by Crippen LogP contribution is 2.52. The average molecular weight is 258 g/mol. The summed E-state index contributed by atoms with van der Waals surface area (Å²) >= 11 is 0. The lowest BCUT2D eigenvalue weighted by molar-refractivity contribution is -0.172. The molecule has 0 aromatic rings. The maximum Gasteiger partial charge on any atom is 0.314 e. The normalized spacial score (nSPS) is 36.7. The molecule has 0 aromatic heterocycles. The van der Waals surface area contributed by atoms with E-state index in [1.165, 1.54) is 0 Å². The summed E-state index contributed by atoms with van der Waals surface area (Å²) in [7, 11) is 0. The van der Waals surface area contributed by atoms with Gasteiger partial charge < -0.3 is 14.9 Å². The monoisotopic (exact) mass is 258 g/mol. The van der Waals surface area contributed by atoms with Crippen LogP contribution in [0.5, 0.6) is 0 Å². The molecule has 4 nitrogen and oxygen atoms in total. The maximum atomic E-state index is 12.0. The van der Waals surface area contributed by atoms with Crippen molar-refractivity contribution in [2.24, 2.45) is 11.3 Å². The summed E-state index contributed by atoms with van der Waals surface area (Å²) in [5, 5.41) is 20.6. The third-order valence-corrected chi connectivity index (χ3v) is 4.38. The number of rotatable bonds is 4. The minimum absolute atomic E-state index is 0.0908. The van der Waals surface area contributed by atoms with Gasteiger partial charge in [-0.15, -0.1) is 0 Å². The fraction of sp³-hybridized carbons (Fsp3) is 0.929. The molecule has 4 heteroatoms. The number of aliphatic hydroxyl groups is 2. The molecule has 0 bridgehead atoms. The fourth-order valence-electron chi connectivity index (χ4n) is 2.95. The Morgan fingerprint density at radius 1 is 1.44 bits per heavy atom. The largest absolute Gasteiger partial charge is 0.465 e. The summed E-state index contributed by atoms with van der Waals surface area (Å²) in [5.74, 6) is -0.430. The van der Waals surface area contributed by atoms with E-state index in [0.29, 0.717) is 19.4 Å². The van der Waals surface area contributed by atoms with E-state index in [1.807, 2.05) is 0 Å². The molecule has 0 saturated heterocycles. The van der Waals surface area contributed by atoms with Gasteiger partial charge in [0.2, 0.25) is 0 Å². The van der Waals surface area contributed by atoms with Crippen molar-refractivity contribution in [2.45, 2.75) is 65.1 Å². The molecule has 0 unspecified atom stereocenters. The van der Waals surface area contributed by atoms with Gasteiger partial charge in [0.05, 0.1) is 23.2 Å². The molecule has 2 N–H and O–H groups in total. The van der Waals surface area contributed by atoms with Gasteiger partial charge in [0.25, 0.3) is 0 Å². The second-order valence-corrected chi connectivity index (χ2v) is 6.45. The van der Waals surface area contributed by atoms with Crippen molar-refractivity contribution in [2.75, 3.05) is 6.61 Å². The zero-order valence-corrected chi connectivity index (χ0v) is 12.1. The predicted octanol–water partition coefficient (Wildman–Crippen LogP) is 1.88. The lowest BCUT2D eigenvalue weighted by atomic mass is 9.72. The molecule has 0 spiro atoms. The van der Waals surface area contributed by atoms with Gasteiger partial charge in [0.1, 0.15) is 0 Å². The predicted molar refractivity (Wildman–Crippen MR) is 69.0 cm³/mol. The van der Waals surface area contributed by atoms with Gasteiger partial charge >= 0.3 is 5.97 Å². The zero-order chi connectivity index (χ0) is 14.2. The molecule has 0 radical (unpaired) electrons. The van der Waals surface area contributed by atoms with Crippen LogP contribution < -0.4 is 0 Å². The smallest absolute Gasteiger partial charge is 0.314 e. The van der Waals surface area contributed by atoms with Gasteiger partial charge in [0.15, 0.2) is 0 Å². The van der Waals surface area contributed by atoms with E-state index in [2.05, 4.69) is 0 Å². The minimum Gasteiger partial charge on any atom is -0.465 e. The zero-order valence-electron chi connectivity index (χ0n) is 12.1. The molecule has 1 aliphatic carbocycles. The van der Waals surface area contributed by atoms with Crippen LogP contribution in [0.25, 0.3) is 0 Å². The number of esters is 1. The van der Waals surface area contributed by atoms with Crippen LogP contribution in [0, 0.1) is 11.3 Å². The van der Waals surface area contributed by atoms with Gasteiger partial charge in [0, 0.05) is 0 Å². The summed E-state index contributed by atoms with van der Waals surface area (Å²) in [4.78, 5) is 12.0. The summed E-state index contributed by atoms with van der Waals surface area (Å²) in [6.07, 6.45) is 1.81. The van der Waals surface area contributed by atoms with Crippen LogP contribution in [-0.4, -0.2) is 34.0 Å². The van der Waals surface area contributed by atoms with Crippen LogP contribution >= 0.6 is 0 Å². The van der Waals surface area contributed by atoms with Crippen LogP contribution in [0.1, 0.15) is 53.9 Å². The molecular weight excluding hydrogens is 232 g/mol. The quantitative estimate of drug-likeness (QED) is 0.756. The van der Waals surface area contributed by atoms with Crippen LogP contribution in [-0.2, 0) is 9.53 Å². The number of ether oxygens (including phenoxy) is 1. The highest BCUT2D eigenvalue weighted by molar-refractivity contribution is 5.78. The van der Waals surface area contributed by atoms with Crippen LogP contribution in [0.3, 0.4) is 0 Å². The Morgan fingerprint density at radius 2 is 2.00 bits per heavy atom. The first-order chi connectivity index (χ1) is 8.04. The van der Waals surface area contributed by atoms with E-state index in [1.54, 1.807) is 34.6 Å². The van der Waals surface area contributed by atoms with Crippen LogP contribution in [0.4, 0.5) is 0 Å². The lowest BCUT2D eigenvalue weighted by Gasteiger charge is -2.39. The molecule has 0 aliphatic heterocycles. The molecule has 3 atom stereocenters. The molecule has 106 valence electrons. The van der Waals surface area contributed by atoms with E-state index < -0.39 is 16.6 Å².